The van der Waals surface area contributed by atoms with Crippen LogP contribution in [0.3, 0.4) is 0 Å². The molecule has 1 heterocycles. The van der Waals surface area contributed by atoms with E-state index in [0.717, 1.165) is 12.8 Å². The Kier molecular flexibility index (Phi) is 3.43. The van der Waals surface area contributed by atoms with E-state index in [2.05, 4.69) is 5.32 Å². The van der Waals surface area contributed by atoms with Crippen LogP contribution in [0.25, 0.3) is 0 Å². The number of hydrogen-bond donors (Lipinski definition) is 2. The van der Waals surface area contributed by atoms with Crippen molar-refractivity contribution in [3.05, 3.63) is 34.6 Å². The number of nitrogens with one attached hydrogen (secondary N) is 1. The molecule has 1 fully saturated rings. The van der Waals surface area contributed by atoms with E-state index in [4.69, 9.17) is 17.3 Å². The second-order valence-electron chi connectivity index (χ2n) is 5.34. The van der Waals surface area contributed by atoms with E-state index in [0.29, 0.717) is 10.6 Å². The Labute approximate surface area is 106 Å². The van der Waals surface area contributed by atoms with Crippen LogP contribution in [0.2, 0.25) is 5.02 Å². The van der Waals surface area contributed by atoms with Crippen molar-refractivity contribution in [2.45, 2.75) is 44.3 Å². The molecule has 2 atom stereocenters. The van der Waals surface area contributed by atoms with Gasteiger partial charge in [-0.25, -0.2) is 4.39 Å². The fraction of sp³-hybridized carbons (Fsp3) is 0.538. The van der Waals surface area contributed by atoms with Crippen LogP contribution in [0.1, 0.15) is 38.3 Å². The first kappa shape index (κ1) is 12.8. The molecular formula is C13H18ClFN2. The molecule has 3 N–H and O–H groups in total. The van der Waals surface area contributed by atoms with E-state index in [1.807, 2.05) is 13.8 Å². The third-order valence-electron chi connectivity index (χ3n) is 3.38. The average Bonchev–Trinajstić information content (AvgIpc) is 2.70. The number of benzene rings is 1. The first-order valence-corrected chi connectivity index (χ1v) is 6.25. The molecule has 0 unspecified atom stereocenters. The standard InChI is InChI=1S/C13H18ClFN2/c1-13(2,16)12-6-5-11(17-12)9-7-8(14)3-4-10(9)15/h3-4,7,11-12,17H,5-6,16H2,1-2H3/t11-,12+/m0/s1. The monoisotopic (exact) mass is 256 g/mol. The molecule has 1 aromatic carbocycles. The van der Waals surface area contributed by atoms with Gasteiger partial charge in [-0.2, -0.15) is 0 Å². The highest BCUT2D eigenvalue weighted by Gasteiger charge is 2.34. The van der Waals surface area contributed by atoms with Gasteiger partial charge in [0.1, 0.15) is 5.82 Å². The summed E-state index contributed by atoms with van der Waals surface area (Å²) in [4.78, 5) is 0. The molecule has 0 amide bonds. The fourth-order valence-electron chi connectivity index (χ4n) is 2.36. The summed E-state index contributed by atoms with van der Waals surface area (Å²) in [7, 11) is 0. The van der Waals surface area contributed by atoms with E-state index in [-0.39, 0.29) is 23.4 Å². The van der Waals surface area contributed by atoms with E-state index in [9.17, 15) is 4.39 Å². The summed E-state index contributed by atoms with van der Waals surface area (Å²) in [5, 5.41) is 3.96. The zero-order valence-corrected chi connectivity index (χ0v) is 10.9. The molecule has 2 nitrogen and oxygen atoms in total. The molecule has 0 radical (unpaired) electrons. The second kappa shape index (κ2) is 4.56. The summed E-state index contributed by atoms with van der Waals surface area (Å²) in [5.74, 6) is -0.206. The molecule has 1 aliphatic heterocycles. The highest BCUT2D eigenvalue weighted by atomic mass is 35.5. The van der Waals surface area contributed by atoms with Gasteiger partial charge in [-0.3, -0.25) is 0 Å². The van der Waals surface area contributed by atoms with E-state index in [1.54, 1.807) is 12.1 Å². The summed E-state index contributed by atoms with van der Waals surface area (Å²) < 4.78 is 13.7. The Balaban J connectivity index is 2.18. The predicted molar refractivity (Wildman–Crippen MR) is 68.6 cm³/mol. The summed E-state index contributed by atoms with van der Waals surface area (Å²) in [6.45, 7) is 3.97. The zero-order chi connectivity index (χ0) is 12.6. The van der Waals surface area contributed by atoms with Crippen molar-refractivity contribution in [3.63, 3.8) is 0 Å². The second-order valence-corrected chi connectivity index (χ2v) is 5.77. The van der Waals surface area contributed by atoms with Crippen molar-refractivity contribution in [1.82, 2.24) is 5.32 Å². The molecule has 17 heavy (non-hydrogen) atoms. The number of nitrogens with two attached hydrogens (primary N) is 1. The number of hydrogen-bond acceptors (Lipinski definition) is 2. The first-order chi connectivity index (χ1) is 7.88. The van der Waals surface area contributed by atoms with Crippen LogP contribution in [0.15, 0.2) is 18.2 Å². The van der Waals surface area contributed by atoms with Crippen LogP contribution in [-0.4, -0.2) is 11.6 Å². The largest absolute Gasteiger partial charge is 0.324 e. The SMILES string of the molecule is CC(C)(N)[C@H]1CC[C@@H](c2cc(Cl)ccc2F)N1. The van der Waals surface area contributed by atoms with E-state index >= 15 is 0 Å². The molecule has 0 saturated carbocycles. The quantitative estimate of drug-likeness (QED) is 0.854. The Morgan fingerprint density at radius 2 is 2.12 bits per heavy atom. The van der Waals surface area contributed by atoms with Crippen molar-refractivity contribution in [2.75, 3.05) is 0 Å². The van der Waals surface area contributed by atoms with Gasteiger partial charge < -0.3 is 11.1 Å². The highest BCUT2D eigenvalue weighted by molar-refractivity contribution is 6.30. The van der Waals surface area contributed by atoms with Crippen LogP contribution in [0, 0.1) is 5.82 Å². The van der Waals surface area contributed by atoms with Gasteiger partial charge in [-0.1, -0.05) is 11.6 Å². The summed E-state index contributed by atoms with van der Waals surface area (Å²) in [5.41, 5.74) is 6.42. The molecular weight excluding hydrogens is 239 g/mol. The van der Waals surface area contributed by atoms with Crippen LogP contribution in [0.4, 0.5) is 4.39 Å². The molecule has 0 aliphatic carbocycles. The third-order valence-corrected chi connectivity index (χ3v) is 3.61. The topological polar surface area (TPSA) is 38.0 Å². The van der Waals surface area contributed by atoms with Crippen molar-refractivity contribution < 1.29 is 4.39 Å². The fourth-order valence-corrected chi connectivity index (χ4v) is 2.54. The van der Waals surface area contributed by atoms with Crippen molar-refractivity contribution in [3.8, 4) is 0 Å². The van der Waals surface area contributed by atoms with Gasteiger partial charge in [0, 0.05) is 28.2 Å². The van der Waals surface area contributed by atoms with E-state index in [1.165, 1.54) is 6.07 Å². The van der Waals surface area contributed by atoms with Gasteiger partial charge in [0.25, 0.3) is 0 Å². The van der Waals surface area contributed by atoms with E-state index < -0.39 is 0 Å². The lowest BCUT2D eigenvalue weighted by atomic mass is 9.95. The predicted octanol–water partition coefficient (Wildman–Crippen LogP) is 3.01. The molecule has 1 saturated heterocycles. The Morgan fingerprint density at radius 1 is 1.41 bits per heavy atom. The van der Waals surface area contributed by atoms with Gasteiger partial charge in [-0.05, 0) is 44.9 Å². The minimum atomic E-state index is -0.288. The Hall–Kier alpha value is -0.640. The van der Waals surface area contributed by atoms with Crippen LogP contribution in [0.5, 0.6) is 0 Å². The summed E-state index contributed by atoms with van der Waals surface area (Å²) in [6, 6.07) is 4.91. The van der Waals surface area contributed by atoms with Gasteiger partial charge in [0.05, 0.1) is 0 Å². The normalized spacial score (nSPS) is 25.2. The molecule has 0 aromatic heterocycles. The molecule has 1 aromatic rings. The zero-order valence-electron chi connectivity index (χ0n) is 10.1. The van der Waals surface area contributed by atoms with Crippen LogP contribution < -0.4 is 11.1 Å². The first-order valence-electron chi connectivity index (χ1n) is 5.88. The number of rotatable bonds is 2. The molecule has 1 aliphatic rings. The minimum absolute atomic E-state index is 0.0153. The van der Waals surface area contributed by atoms with Gasteiger partial charge in [-0.15, -0.1) is 0 Å². The molecule has 0 bridgehead atoms. The highest BCUT2D eigenvalue weighted by Crippen LogP contribution is 2.32. The Morgan fingerprint density at radius 3 is 2.71 bits per heavy atom. The minimum Gasteiger partial charge on any atom is -0.324 e. The maximum absolute atomic E-state index is 13.7. The van der Waals surface area contributed by atoms with Gasteiger partial charge >= 0.3 is 0 Å². The van der Waals surface area contributed by atoms with Crippen molar-refractivity contribution in [1.29, 1.82) is 0 Å². The summed E-state index contributed by atoms with van der Waals surface area (Å²) >= 11 is 5.90. The lowest BCUT2D eigenvalue weighted by Gasteiger charge is -2.28. The molecule has 94 valence electrons. The van der Waals surface area contributed by atoms with Crippen molar-refractivity contribution in [2.24, 2.45) is 5.73 Å². The number of halogens is 2. The smallest absolute Gasteiger partial charge is 0.128 e. The van der Waals surface area contributed by atoms with Crippen molar-refractivity contribution >= 4 is 11.6 Å². The maximum atomic E-state index is 13.7. The average molecular weight is 257 g/mol. The molecule has 2 rings (SSSR count). The van der Waals surface area contributed by atoms with Gasteiger partial charge in [0.2, 0.25) is 0 Å². The lowest BCUT2D eigenvalue weighted by molar-refractivity contribution is 0.364. The van der Waals surface area contributed by atoms with Crippen LogP contribution in [-0.2, 0) is 0 Å². The maximum Gasteiger partial charge on any atom is 0.128 e. The molecule has 0 spiro atoms. The molecule has 4 heteroatoms. The lowest BCUT2D eigenvalue weighted by Crippen LogP contribution is -2.50. The Bertz CT molecular complexity index is 414. The van der Waals surface area contributed by atoms with Gasteiger partial charge in [0.15, 0.2) is 0 Å². The summed E-state index contributed by atoms with van der Waals surface area (Å²) in [6.07, 6.45) is 1.85. The van der Waals surface area contributed by atoms with Crippen LogP contribution >= 0.6 is 11.6 Å². The third kappa shape index (κ3) is 2.79.